The second kappa shape index (κ2) is 9.96. The van der Waals surface area contributed by atoms with E-state index in [9.17, 15) is 18.0 Å². The molecule has 8 heteroatoms. The molecule has 3 aromatic rings. The van der Waals surface area contributed by atoms with Crippen LogP contribution >= 0.6 is 11.3 Å². The van der Waals surface area contributed by atoms with Gasteiger partial charge in [0, 0.05) is 23.8 Å². The minimum Gasteiger partial charge on any atom is -0.494 e. The van der Waals surface area contributed by atoms with Gasteiger partial charge in [0.1, 0.15) is 5.75 Å². The Labute approximate surface area is 182 Å². The number of aromatic nitrogens is 1. The molecular weight excluding hydrogens is 427 g/mol. The first-order chi connectivity index (χ1) is 14.7. The van der Waals surface area contributed by atoms with E-state index in [-0.39, 0.29) is 6.42 Å². The fourth-order valence-corrected chi connectivity index (χ4v) is 3.93. The summed E-state index contributed by atoms with van der Waals surface area (Å²) in [6.45, 7) is 2.44. The van der Waals surface area contributed by atoms with Gasteiger partial charge in [0.05, 0.1) is 22.9 Å². The van der Waals surface area contributed by atoms with Gasteiger partial charge in [0.25, 0.3) is 0 Å². The van der Waals surface area contributed by atoms with Crippen molar-refractivity contribution in [2.75, 3.05) is 6.61 Å². The predicted molar refractivity (Wildman–Crippen MR) is 114 cm³/mol. The molecule has 0 bridgehead atoms. The SMILES string of the molecule is Cc1cc(OCCCc2nc(-c3ccc(C(F)(F)F)cc3)cs2)ccc1CCC(=O)O. The lowest BCUT2D eigenvalue weighted by Gasteiger charge is -2.09. The van der Waals surface area contributed by atoms with Crippen LogP contribution in [0.5, 0.6) is 5.75 Å². The number of rotatable bonds is 9. The molecule has 31 heavy (non-hydrogen) atoms. The number of nitrogens with zero attached hydrogens (tertiary/aromatic N) is 1. The topological polar surface area (TPSA) is 59.4 Å². The number of hydrogen-bond donors (Lipinski definition) is 1. The van der Waals surface area contributed by atoms with E-state index in [1.165, 1.54) is 23.5 Å². The van der Waals surface area contributed by atoms with Gasteiger partial charge in [-0.1, -0.05) is 18.2 Å². The highest BCUT2D eigenvalue weighted by Gasteiger charge is 2.30. The van der Waals surface area contributed by atoms with Crippen molar-refractivity contribution in [2.45, 2.75) is 38.8 Å². The average molecular weight is 449 g/mol. The predicted octanol–water partition coefficient (Wildman–Crippen LogP) is 6.17. The fourth-order valence-electron chi connectivity index (χ4n) is 3.08. The quantitative estimate of drug-likeness (QED) is 0.397. The van der Waals surface area contributed by atoms with Gasteiger partial charge in [0.15, 0.2) is 0 Å². The standard InChI is InChI=1S/C23H22F3NO3S/c1-15-13-19(10-6-16(15)7-11-22(28)29)30-12-2-3-21-27-20(14-31-21)17-4-8-18(9-5-17)23(24,25)26/h4-6,8-10,13-14H,2-3,7,11-12H2,1H3,(H,28,29). The summed E-state index contributed by atoms with van der Waals surface area (Å²) in [5, 5.41) is 11.5. The van der Waals surface area contributed by atoms with E-state index < -0.39 is 17.7 Å². The number of carboxylic acids is 1. The second-order valence-corrected chi connectivity index (χ2v) is 8.08. The van der Waals surface area contributed by atoms with Crippen LogP contribution < -0.4 is 4.74 Å². The number of thiazole rings is 1. The molecule has 3 rings (SSSR count). The van der Waals surface area contributed by atoms with Gasteiger partial charge in [-0.2, -0.15) is 13.2 Å². The van der Waals surface area contributed by atoms with Crippen molar-refractivity contribution in [2.24, 2.45) is 0 Å². The number of halogens is 3. The molecule has 0 unspecified atom stereocenters. The number of aryl methyl sites for hydroxylation is 3. The Hall–Kier alpha value is -2.87. The normalized spacial score (nSPS) is 11.5. The molecule has 2 aromatic carbocycles. The molecule has 1 heterocycles. The molecule has 0 aliphatic carbocycles. The Morgan fingerprint density at radius 1 is 1.13 bits per heavy atom. The van der Waals surface area contributed by atoms with Crippen LogP contribution in [-0.2, 0) is 23.8 Å². The lowest BCUT2D eigenvalue weighted by Crippen LogP contribution is -2.04. The molecule has 0 atom stereocenters. The monoisotopic (exact) mass is 449 g/mol. The molecule has 0 aliphatic rings. The molecule has 4 nitrogen and oxygen atoms in total. The number of alkyl halides is 3. The number of carbonyl (C=O) groups is 1. The largest absolute Gasteiger partial charge is 0.494 e. The summed E-state index contributed by atoms with van der Waals surface area (Å²) >= 11 is 1.48. The average Bonchev–Trinajstić information content (AvgIpc) is 3.19. The van der Waals surface area contributed by atoms with Crippen molar-refractivity contribution >= 4 is 17.3 Å². The van der Waals surface area contributed by atoms with Crippen LogP contribution in [-0.4, -0.2) is 22.7 Å². The molecule has 164 valence electrons. The smallest absolute Gasteiger partial charge is 0.416 e. The van der Waals surface area contributed by atoms with Crippen LogP contribution in [0.3, 0.4) is 0 Å². The summed E-state index contributed by atoms with van der Waals surface area (Å²) in [4.78, 5) is 15.2. The van der Waals surface area contributed by atoms with Gasteiger partial charge in [-0.3, -0.25) is 4.79 Å². The van der Waals surface area contributed by atoms with Crippen LogP contribution in [0.4, 0.5) is 13.2 Å². The van der Waals surface area contributed by atoms with Crippen LogP contribution in [0.25, 0.3) is 11.3 Å². The van der Waals surface area contributed by atoms with Crippen molar-refractivity contribution in [3.63, 3.8) is 0 Å². The zero-order chi connectivity index (χ0) is 22.4. The third-order valence-corrected chi connectivity index (χ3v) is 5.69. The number of carboxylic acid groups (broad SMARTS) is 1. The maximum absolute atomic E-state index is 12.7. The summed E-state index contributed by atoms with van der Waals surface area (Å²) in [5.41, 5.74) is 2.65. The first-order valence-corrected chi connectivity index (χ1v) is 10.7. The lowest BCUT2D eigenvalue weighted by atomic mass is 10.0. The van der Waals surface area contributed by atoms with Crippen LogP contribution in [0.2, 0.25) is 0 Å². The van der Waals surface area contributed by atoms with Crippen molar-refractivity contribution in [3.05, 3.63) is 69.5 Å². The van der Waals surface area contributed by atoms with Gasteiger partial charge in [0.2, 0.25) is 0 Å². The molecule has 0 saturated carbocycles. The Morgan fingerprint density at radius 2 is 1.87 bits per heavy atom. The summed E-state index contributed by atoms with van der Waals surface area (Å²) in [7, 11) is 0. The van der Waals surface area contributed by atoms with Gasteiger partial charge in [-0.15, -0.1) is 11.3 Å². The van der Waals surface area contributed by atoms with E-state index in [1.807, 2.05) is 30.5 Å². The summed E-state index contributed by atoms with van der Waals surface area (Å²) < 4.78 is 43.8. The van der Waals surface area contributed by atoms with Crippen molar-refractivity contribution in [1.82, 2.24) is 4.98 Å². The maximum Gasteiger partial charge on any atom is 0.416 e. The molecular formula is C23H22F3NO3S. The zero-order valence-electron chi connectivity index (χ0n) is 16.9. The zero-order valence-corrected chi connectivity index (χ0v) is 17.7. The first-order valence-electron chi connectivity index (χ1n) is 9.78. The highest BCUT2D eigenvalue weighted by atomic mass is 32.1. The second-order valence-electron chi connectivity index (χ2n) is 7.14. The van der Waals surface area contributed by atoms with Crippen molar-refractivity contribution in [3.8, 4) is 17.0 Å². The lowest BCUT2D eigenvalue weighted by molar-refractivity contribution is -0.138. The van der Waals surface area contributed by atoms with Gasteiger partial charge in [-0.05, 0) is 55.2 Å². The van der Waals surface area contributed by atoms with E-state index in [1.54, 1.807) is 0 Å². The number of aliphatic carboxylic acids is 1. The fraction of sp³-hybridized carbons (Fsp3) is 0.304. The third-order valence-electron chi connectivity index (χ3n) is 4.79. The van der Waals surface area contributed by atoms with E-state index in [2.05, 4.69) is 4.98 Å². The summed E-state index contributed by atoms with van der Waals surface area (Å²) in [6, 6.07) is 10.7. The molecule has 0 amide bonds. The van der Waals surface area contributed by atoms with E-state index >= 15 is 0 Å². The molecule has 0 radical (unpaired) electrons. The molecule has 1 N–H and O–H groups in total. The molecule has 1 aromatic heterocycles. The number of benzene rings is 2. The van der Waals surface area contributed by atoms with E-state index in [0.29, 0.717) is 30.7 Å². The number of hydrogen-bond acceptors (Lipinski definition) is 4. The van der Waals surface area contributed by atoms with Crippen LogP contribution in [0, 0.1) is 6.92 Å². The minimum atomic E-state index is -4.34. The summed E-state index contributed by atoms with van der Waals surface area (Å²) in [5.74, 6) is -0.0791. The van der Waals surface area contributed by atoms with Crippen molar-refractivity contribution in [1.29, 1.82) is 0 Å². The van der Waals surface area contributed by atoms with Gasteiger partial charge >= 0.3 is 12.1 Å². The minimum absolute atomic E-state index is 0.101. The molecule has 0 spiro atoms. The highest BCUT2D eigenvalue weighted by Crippen LogP contribution is 2.31. The number of ether oxygens (including phenoxy) is 1. The Bertz CT molecular complexity index is 1030. The van der Waals surface area contributed by atoms with E-state index in [4.69, 9.17) is 9.84 Å². The first kappa shape index (κ1) is 22.8. The van der Waals surface area contributed by atoms with Gasteiger partial charge in [-0.25, -0.2) is 4.98 Å². The molecule has 0 fully saturated rings. The Kier molecular flexibility index (Phi) is 7.33. The highest BCUT2D eigenvalue weighted by molar-refractivity contribution is 7.09. The Morgan fingerprint density at radius 3 is 2.52 bits per heavy atom. The van der Waals surface area contributed by atoms with Gasteiger partial charge < -0.3 is 9.84 Å². The Balaban J connectivity index is 1.48. The maximum atomic E-state index is 12.7. The van der Waals surface area contributed by atoms with E-state index in [0.717, 1.165) is 40.4 Å². The van der Waals surface area contributed by atoms with Crippen LogP contribution in [0.1, 0.15) is 34.5 Å². The molecule has 0 aliphatic heterocycles. The summed E-state index contributed by atoms with van der Waals surface area (Å²) in [6.07, 6.45) is -2.29. The molecule has 0 saturated heterocycles. The third kappa shape index (κ3) is 6.55. The van der Waals surface area contributed by atoms with Crippen molar-refractivity contribution < 1.29 is 27.8 Å². The van der Waals surface area contributed by atoms with Crippen LogP contribution in [0.15, 0.2) is 47.8 Å².